The van der Waals surface area contributed by atoms with Crippen LogP contribution in [0.3, 0.4) is 0 Å². The van der Waals surface area contributed by atoms with E-state index >= 15 is 0 Å². The molecule has 0 radical (unpaired) electrons. The Bertz CT molecular complexity index is 212. The van der Waals surface area contributed by atoms with Gasteiger partial charge in [-0.2, -0.15) is 0 Å². The van der Waals surface area contributed by atoms with Gasteiger partial charge in [0.05, 0.1) is 11.9 Å². The van der Waals surface area contributed by atoms with E-state index in [-0.39, 0.29) is 8.46 Å². The summed E-state index contributed by atoms with van der Waals surface area (Å²) in [6.45, 7) is 0. The average molecular weight is 160 g/mol. The molecule has 1 rings (SSSR count). The first kappa shape index (κ1) is 6.65. The average Bonchev–Trinajstić information content (AvgIpc) is 2.17. The SMILES string of the molecule is Nc1nc(CP=O)cs1. The van der Waals surface area contributed by atoms with Gasteiger partial charge in [0.2, 0.25) is 0 Å². The van der Waals surface area contributed by atoms with E-state index in [0.29, 0.717) is 11.3 Å². The maximum atomic E-state index is 10.0. The van der Waals surface area contributed by atoms with Crippen molar-refractivity contribution in [3.05, 3.63) is 11.1 Å². The zero-order valence-electron chi connectivity index (χ0n) is 4.57. The molecule has 0 aliphatic rings. The fraction of sp³-hybridized carbons (Fsp3) is 0.250. The molecule has 0 aromatic carbocycles. The van der Waals surface area contributed by atoms with Crippen LogP contribution in [0.15, 0.2) is 5.38 Å². The summed E-state index contributed by atoms with van der Waals surface area (Å²) in [5, 5.41) is 2.34. The van der Waals surface area contributed by atoms with Gasteiger partial charge in [-0.15, -0.1) is 11.3 Å². The molecule has 48 valence electrons. The lowest BCUT2D eigenvalue weighted by Crippen LogP contribution is -1.82. The number of anilines is 1. The second-order valence-electron chi connectivity index (χ2n) is 1.46. The summed E-state index contributed by atoms with van der Waals surface area (Å²) < 4.78 is 10.0. The lowest BCUT2D eigenvalue weighted by Gasteiger charge is -1.78. The van der Waals surface area contributed by atoms with Crippen molar-refractivity contribution in [1.29, 1.82) is 0 Å². The van der Waals surface area contributed by atoms with Gasteiger partial charge < -0.3 is 5.73 Å². The first-order chi connectivity index (χ1) is 4.33. The van der Waals surface area contributed by atoms with Crippen molar-refractivity contribution < 1.29 is 4.57 Å². The highest BCUT2D eigenvalue weighted by Gasteiger charge is 1.95. The normalized spacial score (nSPS) is 10.2. The minimum absolute atomic E-state index is 0.0969. The Morgan fingerprint density at radius 1 is 1.89 bits per heavy atom. The van der Waals surface area contributed by atoms with E-state index in [1.807, 2.05) is 0 Å². The van der Waals surface area contributed by atoms with Crippen LogP contribution in [-0.4, -0.2) is 4.98 Å². The largest absolute Gasteiger partial charge is 0.375 e. The highest BCUT2D eigenvalue weighted by molar-refractivity contribution is 7.22. The molecule has 0 saturated heterocycles. The molecule has 2 N–H and O–H groups in total. The fourth-order valence-corrected chi connectivity index (χ4v) is 1.44. The summed E-state index contributed by atoms with van der Waals surface area (Å²) in [5.41, 5.74) is 6.11. The standard InChI is InChI=1S/C4H5N2OPS/c5-4-6-3(1-8-7)2-9-4/h2H,1H2,(H2,5,6). The molecule has 0 saturated carbocycles. The molecule has 3 nitrogen and oxygen atoms in total. The zero-order chi connectivity index (χ0) is 6.69. The van der Waals surface area contributed by atoms with Crippen LogP contribution in [0.5, 0.6) is 0 Å². The molecule has 9 heavy (non-hydrogen) atoms. The minimum Gasteiger partial charge on any atom is -0.375 e. The number of hydrogen-bond acceptors (Lipinski definition) is 4. The molecule has 0 aliphatic heterocycles. The number of nitrogen functional groups attached to an aromatic ring is 1. The van der Waals surface area contributed by atoms with Crippen LogP contribution >= 0.6 is 19.8 Å². The van der Waals surface area contributed by atoms with Crippen LogP contribution in [0.25, 0.3) is 0 Å². The molecular weight excluding hydrogens is 155 g/mol. The van der Waals surface area contributed by atoms with Crippen LogP contribution in [0.4, 0.5) is 5.13 Å². The summed E-state index contributed by atoms with van der Waals surface area (Å²) in [6, 6.07) is 0. The molecule has 0 atom stereocenters. The molecule has 0 aliphatic carbocycles. The van der Waals surface area contributed by atoms with Crippen molar-refractivity contribution in [3.8, 4) is 0 Å². The predicted molar refractivity (Wildman–Crippen MR) is 37.8 cm³/mol. The molecule has 1 aromatic heterocycles. The zero-order valence-corrected chi connectivity index (χ0v) is 6.28. The van der Waals surface area contributed by atoms with Crippen LogP contribution in [0.1, 0.15) is 5.69 Å². The molecule has 1 heterocycles. The van der Waals surface area contributed by atoms with Crippen molar-refractivity contribution in [1.82, 2.24) is 4.98 Å². The van der Waals surface area contributed by atoms with Gasteiger partial charge in [0, 0.05) is 5.38 Å². The predicted octanol–water partition coefficient (Wildman–Crippen LogP) is 1.52. The molecule has 5 heteroatoms. The Morgan fingerprint density at radius 3 is 3.11 bits per heavy atom. The molecule has 0 spiro atoms. The first-order valence-electron chi connectivity index (χ1n) is 2.32. The van der Waals surface area contributed by atoms with Gasteiger partial charge >= 0.3 is 0 Å². The third kappa shape index (κ3) is 1.73. The Kier molecular flexibility index (Phi) is 2.14. The van der Waals surface area contributed by atoms with E-state index in [9.17, 15) is 4.57 Å². The molecule has 0 amide bonds. The van der Waals surface area contributed by atoms with Gasteiger partial charge in [0.25, 0.3) is 0 Å². The Balaban J connectivity index is 2.72. The summed E-state index contributed by atoms with van der Waals surface area (Å²) in [6.07, 6.45) is 0.466. The summed E-state index contributed by atoms with van der Waals surface area (Å²) in [5.74, 6) is 0. The molecule has 0 fully saturated rings. The van der Waals surface area contributed by atoms with Crippen molar-refractivity contribution >= 4 is 24.9 Å². The van der Waals surface area contributed by atoms with Gasteiger partial charge in [0.1, 0.15) is 0 Å². The van der Waals surface area contributed by atoms with E-state index in [1.165, 1.54) is 11.3 Å². The quantitative estimate of drug-likeness (QED) is 0.667. The summed E-state index contributed by atoms with van der Waals surface area (Å²) in [7, 11) is 0.0969. The summed E-state index contributed by atoms with van der Waals surface area (Å²) in [4.78, 5) is 3.89. The number of thiazole rings is 1. The number of nitrogens with zero attached hydrogens (tertiary/aromatic N) is 1. The Labute approximate surface area is 58.1 Å². The monoisotopic (exact) mass is 160 g/mol. The Morgan fingerprint density at radius 2 is 2.67 bits per heavy atom. The number of hydrogen-bond donors (Lipinski definition) is 1. The van der Waals surface area contributed by atoms with E-state index in [0.717, 1.165) is 5.69 Å². The second-order valence-corrected chi connectivity index (χ2v) is 2.93. The highest BCUT2D eigenvalue weighted by Crippen LogP contribution is 2.14. The highest BCUT2D eigenvalue weighted by atomic mass is 32.1. The number of aromatic nitrogens is 1. The summed E-state index contributed by atoms with van der Waals surface area (Å²) >= 11 is 1.37. The van der Waals surface area contributed by atoms with Crippen molar-refractivity contribution in [3.63, 3.8) is 0 Å². The van der Waals surface area contributed by atoms with Crippen LogP contribution < -0.4 is 5.73 Å². The topological polar surface area (TPSA) is 56.0 Å². The lowest BCUT2D eigenvalue weighted by atomic mass is 10.6. The van der Waals surface area contributed by atoms with Gasteiger partial charge in [-0.05, 0) is 0 Å². The van der Waals surface area contributed by atoms with Gasteiger partial charge in [-0.3, -0.25) is 4.57 Å². The number of nitrogens with two attached hydrogens (primary N) is 1. The van der Waals surface area contributed by atoms with E-state index in [1.54, 1.807) is 5.38 Å². The van der Waals surface area contributed by atoms with Crippen LogP contribution in [0.2, 0.25) is 0 Å². The lowest BCUT2D eigenvalue weighted by molar-refractivity contribution is 0.598. The van der Waals surface area contributed by atoms with Crippen molar-refractivity contribution in [2.75, 3.05) is 5.73 Å². The van der Waals surface area contributed by atoms with E-state index in [4.69, 9.17) is 5.73 Å². The molecule has 0 bridgehead atoms. The van der Waals surface area contributed by atoms with Crippen molar-refractivity contribution in [2.24, 2.45) is 0 Å². The third-order valence-corrected chi connectivity index (χ3v) is 1.97. The molecule has 0 unspecified atom stereocenters. The van der Waals surface area contributed by atoms with E-state index in [2.05, 4.69) is 4.98 Å². The Hall–Kier alpha value is -0.470. The maximum Gasteiger partial charge on any atom is 0.180 e. The van der Waals surface area contributed by atoms with Crippen LogP contribution in [-0.2, 0) is 10.7 Å². The minimum atomic E-state index is 0.0969. The number of rotatable bonds is 2. The molecular formula is C4H5N2OPS. The fourth-order valence-electron chi connectivity index (χ4n) is 0.461. The van der Waals surface area contributed by atoms with Gasteiger partial charge in [-0.25, -0.2) is 4.98 Å². The molecule has 1 aromatic rings. The van der Waals surface area contributed by atoms with E-state index < -0.39 is 0 Å². The first-order valence-corrected chi connectivity index (χ1v) is 4.19. The smallest absolute Gasteiger partial charge is 0.180 e. The maximum absolute atomic E-state index is 10.0. The van der Waals surface area contributed by atoms with Gasteiger partial charge in [0.15, 0.2) is 13.6 Å². The van der Waals surface area contributed by atoms with Gasteiger partial charge in [-0.1, -0.05) is 0 Å². The van der Waals surface area contributed by atoms with Crippen LogP contribution in [0, 0.1) is 0 Å². The van der Waals surface area contributed by atoms with Crippen molar-refractivity contribution in [2.45, 2.75) is 6.16 Å². The second kappa shape index (κ2) is 2.90. The third-order valence-electron chi connectivity index (χ3n) is 0.796.